The summed E-state index contributed by atoms with van der Waals surface area (Å²) in [6.45, 7) is 2.46. The highest BCUT2D eigenvalue weighted by Crippen LogP contribution is 2.13. The molecule has 0 aliphatic carbocycles. The van der Waals surface area contributed by atoms with E-state index in [1.807, 2.05) is 36.2 Å². The molecule has 5 nitrogen and oxygen atoms in total. The maximum Gasteiger partial charge on any atom is 0.238 e. The van der Waals surface area contributed by atoms with Crippen molar-refractivity contribution >= 4 is 17.4 Å². The molecule has 0 aliphatic heterocycles. The quantitative estimate of drug-likeness (QED) is 0.795. The van der Waals surface area contributed by atoms with Gasteiger partial charge in [-0.15, -0.1) is 0 Å². The summed E-state index contributed by atoms with van der Waals surface area (Å²) in [5.41, 5.74) is 2.42. The van der Waals surface area contributed by atoms with Gasteiger partial charge in [-0.2, -0.15) is 0 Å². The number of hydrogen-bond donors (Lipinski definition) is 1. The van der Waals surface area contributed by atoms with Crippen LogP contribution in [0, 0.1) is 0 Å². The fourth-order valence-electron chi connectivity index (χ4n) is 2.33. The number of likely N-dealkylation sites (N-methyl/N-ethyl adjacent to an activating group) is 1. The Bertz CT molecular complexity index is 694. The van der Waals surface area contributed by atoms with E-state index in [0.29, 0.717) is 17.8 Å². The third-order valence-electron chi connectivity index (χ3n) is 3.60. The Morgan fingerprint density at radius 2 is 1.67 bits per heavy atom. The van der Waals surface area contributed by atoms with Gasteiger partial charge in [0.05, 0.1) is 13.7 Å². The van der Waals surface area contributed by atoms with Crippen LogP contribution < -0.4 is 10.1 Å². The lowest BCUT2D eigenvalue weighted by molar-refractivity contribution is -0.117. The number of ether oxygens (including phenoxy) is 1. The lowest BCUT2D eigenvalue weighted by atomic mass is 10.1. The number of ketones is 1. The Hall–Kier alpha value is -2.66. The largest absolute Gasteiger partial charge is 0.497 e. The van der Waals surface area contributed by atoms with Crippen LogP contribution in [0.4, 0.5) is 5.69 Å². The maximum absolute atomic E-state index is 12.1. The van der Waals surface area contributed by atoms with E-state index < -0.39 is 0 Å². The standard InChI is InChI=1S/C19H22N2O3/c1-14(22)16-6-8-17(9-7-16)20-19(23)13-21(2)12-15-4-10-18(24-3)11-5-15/h4-11H,12-13H2,1-3H3,(H,20,23). The van der Waals surface area contributed by atoms with Crippen LogP contribution in [0.5, 0.6) is 5.75 Å². The van der Waals surface area contributed by atoms with E-state index in [-0.39, 0.29) is 18.2 Å². The number of carbonyl (C=O) groups excluding carboxylic acids is 2. The first kappa shape index (κ1) is 17.7. The number of hydrogen-bond acceptors (Lipinski definition) is 4. The highest BCUT2D eigenvalue weighted by molar-refractivity contribution is 5.96. The zero-order valence-electron chi connectivity index (χ0n) is 14.2. The minimum atomic E-state index is -0.0958. The van der Waals surface area contributed by atoms with Crippen LogP contribution in [0.2, 0.25) is 0 Å². The van der Waals surface area contributed by atoms with Crippen molar-refractivity contribution in [2.45, 2.75) is 13.5 Å². The molecule has 2 rings (SSSR count). The van der Waals surface area contributed by atoms with E-state index >= 15 is 0 Å². The SMILES string of the molecule is COc1ccc(CN(C)CC(=O)Nc2ccc(C(C)=O)cc2)cc1. The second-order valence-corrected chi connectivity index (χ2v) is 5.70. The van der Waals surface area contributed by atoms with Crippen molar-refractivity contribution in [3.05, 3.63) is 59.7 Å². The molecule has 1 amide bonds. The third-order valence-corrected chi connectivity index (χ3v) is 3.60. The number of benzene rings is 2. The van der Waals surface area contributed by atoms with Crippen molar-refractivity contribution in [2.24, 2.45) is 0 Å². The molecule has 0 unspecified atom stereocenters. The lowest BCUT2D eigenvalue weighted by Gasteiger charge is -2.16. The Morgan fingerprint density at radius 1 is 1.04 bits per heavy atom. The van der Waals surface area contributed by atoms with Crippen LogP contribution in [0.15, 0.2) is 48.5 Å². The molecule has 0 atom stereocenters. The molecule has 1 N–H and O–H groups in total. The molecular formula is C19H22N2O3. The Kier molecular flexibility index (Phi) is 6.09. The molecule has 0 aromatic heterocycles. The average molecular weight is 326 g/mol. The summed E-state index contributed by atoms with van der Waals surface area (Å²) in [5, 5.41) is 2.83. The number of nitrogens with zero attached hydrogens (tertiary/aromatic N) is 1. The van der Waals surface area contributed by atoms with E-state index in [1.165, 1.54) is 6.92 Å². The minimum Gasteiger partial charge on any atom is -0.497 e. The van der Waals surface area contributed by atoms with Crippen molar-refractivity contribution in [3.8, 4) is 5.75 Å². The maximum atomic E-state index is 12.1. The molecule has 24 heavy (non-hydrogen) atoms. The van der Waals surface area contributed by atoms with Crippen molar-refractivity contribution < 1.29 is 14.3 Å². The topological polar surface area (TPSA) is 58.6 Å². The molecule has 5 heteroatoms. The molecule has 0 heterocycles. The minimum absolute atomic E-state index is 0.00658. The van der Waals surface area contributed by atoms with Gasteiger partial charge in [0.15, 0.2) is 5.78 Å². The van der Waals surface area contributed by atoms with Crippen LogP contribution in [-0.4, -0.2) is 37.3 Å². The summed E-state index contributed by atoms with van der Waals surface area (Å²) < 4.78 is 5.13. The number of Topliss-reactive ketones (excluding diaryl/α,β-unsaturated/α-hetero) is 1. The van der Waals surface area contributed by atoms with Crippen LogP contribution in [0.1, 0.15) is 22.8 Å². The first-order chi connectivity index (χ1) is 11.5. The fourth-order valence-corrected chi connectivity index (χ4v) is 2.33. The van der Waals surface area contributed by atoms with Crippen molar-refractivity contribution in [2.75, 3.05) is 26.0 Å². The summed E-state index contributed by atoms with van der Waals surface area (Å²) in [6, 6.07) is 14.6. The highest BCUT2D eigenvalue weighted by atomic mass is 16.5. The fraction of sp³-hybridized carbons (Fsp3) is 0.263. The molecule has 0 spiro atoms. The first-order valence-corrected chi connectivity index (χ1v) is 7.70. The lowest BCUT2D eigenvalue weighted by Crippen LogP contribution is -2.29. The van der Waals surface area contributed by atoms with Crippen LogP contribution in [0.25, 0.3) is 0 Å². The van der Waals surface area contributed by atoms with Gasteiger partial charge in [-0.1, -0.05) is 12.1 Å². The average Bonchev–Trinajstić information content (AvgIpc) is 2.55. The van der Waals surface area contributed by atoms with Gasteiger partial charge >= 0.3 is 0 Å². The highest BCUT2D eigenvalue weighted by Gasteiger charge is 2.08. The van der Waals surface area contributed by atoms with E-state index in [9.17, 15) is 9.59 Å². The van der Waals surface area contributed by atoms with Crippen LogP contribution in [-0.2, 0) is 11.3 Å². The van der Waals surface area contributed by atoms with Gasteiger partial charge < -0.3 is 10.1 Å². The summed E-state index contributed by atoms with van der Waals surface area (Å²) in [4.78, 5) is 25.3. The van der Waals surface area contributed by atoms with Crippen molar-refractivity contribution in [3.63, 3.8) is 0 Å². The van der Waals surface area contributed by atoms with Gasteiger partial charge in [-0.25, -0.2) is 0 Å². The summed E-state index contributed by atoms with van der Waals surface area (Å²) in [6.07, 6.45) is 0. The van der Waals surface area contributed by atoms with Gasteiger partial charge in [0, 0.05) is 17.8 Å². The number of amides is 1. The van der Waals surface area contributed by atoms with E-state index in [0.717, 1.165) is 11.3 Å². The summed E-state index contributed by atoms with van der Waals surface area (Å²) in [7, 11) is 3.52. The van der Waals surface area contributed by atoms with E-state index in [2.05, 4.69) is 5.32 Å². The predicted octanol–water partition coefficient (Wildman–Crippen LogP) is 2.97. The molecule has 0 bridgehead atoms. The molecule has 0 saturated heterocycles. The van der Waals surface area contributed by atoms with E-state index in [1.54, 1.807) is 31.4 Å². The Balaban J connectivity index is 1.85. The predicted molar refractivity (Wildman–Crippen MR) is 94.4 cm³/mol. The molecule has 0 aliphatic rings. The zero-order valence-corrected chi connectivity index (χ0v) is 14.2. The van der Waals surface area contributed by atoms with Crippen molar-refractivity contribution in [1.29, 1.82) is 0 Å². The van der Waals surface area contributed by atoms with Gasteiger partial charge in [0.25, 0.3) is 0 Å². The number of nitrogens with one attached hydrogen (secondary N) is 1. The molecule has 0 fully saturated rings. The Morgan fingerprint density at radius 3 is 2.21 bits per heavy atom. The van der Waals surface area contributed by atoms with Crippen LogP contribution in [0.3, 0.4) is 0 Å². The number of rotatable bonds is 7. The normalized spacial score (nSPS) is 10.5. The molecule has 0 radical (unpaired) electrons. The number of carbonyl (C=O) groups is 2. The molecule has 0 saturated carbocycles. The molecular weight excluding hydrogens is 304 g/mol. The number of anilines is 1. The summed E-state index contributed by atoms with van der Waals surface area (Å²) in [5.74, 6) is 0.724. The number of methoxy groups -OCH3 is 1. The van der Waals surface area contributed by atoms with Gasteiger partial charge in [0.1, 0.15) is 5.75 Å². The van der Waals surface area contributed by atoms with Gasteiger partial charge in [0.2, 0.25) is 5.91 Å². The van der Waals surface area contributed by atoms with E-state index in [4.69, 9.17) is 4.74 Å². The monoisotopic (exact) mass is 326 g/mol. The van der Waals surface area contributed by atoms with Crippen molar-refractivity contribution in [1.82, 2.24) is 4.90 Å². The second kappa shape index (κ2) is 8.26. The Labute approximate surface area is 142 Å². The van der Waals surface area contributed by atoms with Gasteiger partial charge in [-0.05, 0) is 55.9 Å². The molecule has 2 aromatic rings. The third kappa shape index (κ3) is 5.21. The van der Waals surface area contributed by atoms with Crippen LogP contribution >= 0.6 is 0 Å². The smallest absolute Gasteiger partial charge is 0.238 e. The first-order valence-electron chi connectivity index (χ1n) is 7.70. The van der Waals surface area contributed by atoms with Gasteiger partial charge in [-0.3, -0.25) is 14.5 Å². The second-order valence-electron chi connectivity index (χ2n) is 5.70. The zero-order chi connectivity index (χ0) is 17.5. The molecule has 126 valence electrons. The molecule has 2 aromatic carbocycles. The summed E-state index contributed by atoms with van der Waals surface area (Å²) >= 11 is 0.